The zero-order chi connectivity index (χ0) is 23.2. The summed E-state index contributed by atoms with van der Waals surface area (Å²) in [7, 11) is 1.75. The molecule has 5 heteroatoms. The van der Waals surface area contributed by atoms with Crippen LogP contribution in [0.15, 0.2) is 35.3 Å². The van der Waals surface area contributed by atoms with Gasteiger partial charge >= 0.3 is 0 Å². The second-order valence-corrected chi connectivity index (χ2v) is 11.6. The van der Waals surface area contributed by atoms with Gasteiger partial charge in [0, 0.05) is 30.6 Å². The van der Waals surface area contributed by atoms with Gasteiger partial charge in [-0.15, -0.1) is 0 Å². The molecule has 1 unspecified atom stereocenters. The number of nitrogens with zero attached hydrogens (tertiary/aromatic N) is 1. The van der Waals surface area contributed by atoms with Gasteiger partial charge in [0.1, 0.15) is 5.75 Å². The minimum atomic E-state index is -0.0407. The van der Waals surface area contributed by atoms with Gasteiger partial charge in [0.25, 0.3) is 5.56 Å². The highest BCUT2D eigenvalue weighted by molar-refractivity contribution is 5.20. The van der Waals surface area contributed by atoms with E-state index in [0.29, 0.717) is 36.2 Å². The molecular formula is C28H41NO4. The topological polar surface area (TPSA) is 49.7 Å². The number of hydrogen-bond donors (Lipinski definition) is 0. The van der Waals surface area contributed by atoms with Crippen molar-refractivity contribution in [2.75, 3.05) is 13.2 Å². The van der Waals surface area contributed by atoms with Crippen molar-refractivity contribution in [3.63, 3.8) is 0 Å². The van der Waals surface area contributed by atoms with Crippen LogP contribution in [0.25, 0.3) is 0 Å². The molecule has 5 rings (SSSR count). The highest BCUT2D eigenvalue weighted by Crippen LogP contribution is 2.63. The molecule has 3 aliphatic carbocycles. The summed E-state index contributed by atoms with van der Waals surface area (Å²) >= 11 is 0. The fraction of sp³-hybridized carbons (Fsp3) is 0.750. The van der Waals surface area contributed by atoms with Gasteiger partial charge in [0.05, 0.1) is 19.3 Å². The summed E-state index contributed by atoms with van der Waals surface area (Å²) in [5, 5.41) is 0. The number of aromatic nitrogens is 1. The Hall–Kier alpha value is -1.59. The normalized spacial score (nSPS) is 39.2. The third-order valence-corrected chi connectivity index (χ3v) is 9.71. The number of hydrogen-bond acceptors (Lipinski definition) is 4. The van der Waals surface area contributed by atoms with Crippen LogP contribution in [0, 0.1) is 28.6 Å². The number of rotatable bonds is 5. The molecule has 1 aromatic heterocycles. The third-order valence-electron chi connectivity index (χ3n) is 9.71. The second kappa shape index (κ2) is 8.88. The molecule has 0 radical (unpaired) electrons. The molecule has 1 aliphatic heterocycles. The van der Waals surface area contributed by atoms with Crippen molar-refractivity contribution >= 4 is 0 Å². The molecule has 33 heavy (non-hydrogen) atoms. The molecule has 5 nitrogen and oxygen atoms in total. The van der Waals surface area contributed by atoms with Crippen LogP contribution < -0.4 is 10.3 Å². The van der Waals surface area contributed by atoms with Gasteiger partial charge in [-0.05, 0) is 68.3 Å². The predicted molar refractivity (Wildman–Crippen MR) is 129 cm³/mol. The molecule has 1 saturated heterocycles. The van der Waals surface area contributed by atoms with E-state index in [1.54, 1.807) is 23.9 Å². The van der Waals surface area contributed by atoms with Crippen LogP contribution in [0.4, 0.5) is 0 Å². The summed E-state index contributed by atoms with van der Waals surface area (Å²) in [6.45, 7) is 10.8. The standard InChI is InChI=1S/C28H41NO4/c1-19-9-10-23-27(2,22(19)13-16-31-21-12-15-29(4)25(30)17-21)14-11-24-28(23,3)18-32-26(33-24)20-7-5-6-8-20/h12,15,17,20,22-24,26H,1,5-11,13-14,16,18H2,2-4H3/t22-,23?,24-,26-,27+,28+/m1/s1. The predicted octanol–water partition coefficient (Wildman–Crippen LogP) is 5.47. The minimum Gasteiger partial charge on any atom is -0.493 e. The van der Waals surface area contributed by atoms with Crippen molar-refractivity contribution in [3.8, 4) is 5.75 Å². The van der Waals surface area contributed by atoms with E-state index >= 15 is 0 Å². The SMILES string of the molecule is C=C1CCC2[C@]3(C)CO[C@@H](C4CCCC4)O[C@@H]3CC[C@@]2(C)[C@@H]1CCOc1ccn(C)c(=O)c1. The van der Waals surface area contributed by atoms with E-state index in [0.717, 1.165) is 25.9 Å². The zero-order valence-electron chi connectivity index (χ0n) is 20.7. The molecule has 182 valence electrons. The van der Waals surface area contributed by atoms with E-state index in [1.807, 2.05) is 6.07 Å². The van der Waals surface area contributed by atoms with Crippen molar-refractivity contribution in [3.05, 3.63) is 40.8 Å². The monoisotopic (exact) mass is 455 g/mol. The molecule has 4 aliphatic rings. The van der Waals surface area contributed by atoms with E-state index < -0.39 is 0 Å². The second-order valence-electron chi connectivity index (χ2n) is 11.6. The Morgan fingerprint density at radius 3 is 2.73 bits per heavy atom. The van der Waals surface area contributed by atoms with Gasteiger partial charge in [-0.2, -0.15) is 0 Å². The first-order valence-electron chi connectivity index (χ1n) is 13.1. The van der Waals surface area contributed by atoms with Crippen molar-refractivity contribution in [1.82, 2.24) is 4.57 Å². The number of ether oxygens (including phenoxy) is 3. The van der Waals surface area contributed by atoms with Crippen LogP contribution in [-0.2, 0) is 16.5 Å². The van der Waals surface area contributed by atoms with Gasteiger partial charge in [-0.25, -0.2) is 0 Å². The molecule has 3 saturated carbocycles. The Kier molecular flexibility index (Phi) is 6.24. The Morgan fingerprint density at radius 2 is 1.97 bits per heavy atom. The maximum Gasteiger partial charge on any atom is 0.253 e. The lowest BCUT2D eigenvalue weighted by Crippen LogP contribution is -2.62. The van der Waals surface area contributed by atoms with Gasteiger partial charge in [-0.3, -0.25) is 4.79 Å². The molecule has 6 atom stereocenters. The highest BCUT2D eigenvalue weighted by atomic mass is 16.7. The lowest BCUT2D eigenvalue weighted by Gasteiger charge is -2.63. The van der Waals surface area contributed by atoms with Crippen LogP contribution in [0.3, 0.4) is 0 Å². The molecule has 0 N–H and O–H groups in total. The molecule has 0 aromatic carbocycles. The van der Waals surface area contributed by atoms with Crippen LogP contribution >= 0.6 is 0 Å². The van der Waals surface area contributed by atoms with E-state index in [-0.39, 0.29) is 22.7 Å². The number of aryl methyl sites for hydroxylation is 1. The fourth-order valence-corrected chi connectivity index (χ4v) is 7.78. The summed E-state index contributed by atoms with van der Waals surface area (Å²) in [6.07, 6.45) is 12.7. The van der Waals surface area contributed by atoms with Gasteiger partial charge in [-0.1, -0.05) is 38.8 Å². The van der Waals surface area contributed by atoms with Gasteiger partial charge in [0.2, 0.25) is 0 Å². The average molecular weight is 456 g/mol. The Bertz CT molecular complexity index is 934. The molecule has 0 bridgehead atoms. The summed E-state index contributed by atoms with van der Waals surface area (Å²) in [6, 6.07) is 3.44. The van der Waals surface area contributed by atoms with E-state index in [4.69, 9.17) is 14.2 Å². The number of allylic oxidation sites excluding steroid dienone is 1. The molecule has 4 fully saturated rings. The van der Waals surface area contributed by atoms with E-state index in [1.165, 1.54) is 44.1 Å². The lowest BCUT2D eigenvalue weighted by atomic mass is 9.46. The maximum absolute atomic E-state index is 11.9. The van der Waals surface area contributed by atoms with Gasteiger partial charge in [0.15, 0.2) is 6.29 Å². The Balaban J connectivity index is 1.28. The molecular weight excluding hydrogens is 414 g/mol. The quantitative estimate of drug-likeness (QED) is 0.552. The summed E-state index contributed by atoms with van der Waals surface area (Å²) in [5.74, 6) is 2.23. The largest absolute Gasteiger partial charge is 0.493 e. The minimum absolute atomic E-state index is 0.0104. The molecule has 0 amide bonds. The zero-order valence-corrected chi connectivity index (χ0v) is 20.7. The van der Waals surface area contributed by atoms with Crippen molar-refractivity contribution in [2.45, 2.75) is 84.0 Å². The summed E-state index contributed by atoms with van der Waals surface area (Å²) in [5.41, 5.74) is 1.57. The maximum atomic E-state index is 11.9. The highest BCUT2D eigenvalue weighted by Gasteiger charge is 2.60. The van der Waals surface area contributed by atoms with Crippen molar-refractivity contribution in [1.29, 1.82) is 0 Å². The summed E-state index contributed by atoms with van der Waals surface area (Å²) in [4.78, 5) is 11.9. The van der Waals surface area contributed by atoms with Crippen LogP contribution in [-0.4, -0.2) is 30.2 Å². The lowest BCUT2D eigenvalue weighted by molar-refractivity contribution is -0.316. The first-order chi connectivity index (χ1) is 15.8. The Labute approximate surface area is 198 Å². The molecule has 0 spiro atoms. The van der Waals surface area contributed by atoms with Crippen LogP contribution in [0.2, 0.25) is 0 Å². The number of pyridine rings is 1. The first kappa shape index (κ1) is 23.2. The van der Waals surface area contributed by atoms with Crippen molar-refractivity contribution in [2.24, 2.45) is 35.6 Å². The van der Waals surface area contributed by atoms with E-state index in [2.05, 4.69) is 20.4 Å². The molecule has 2 heterocycles. The van der Waals surface area contributed by atoms with Crippen LogP contribution in [0.5, 0.6) is 5.75 Å². The average Bonchev–Trinajstić information content (AvgIpc) is 3.32. The summed E-state index contributed by atoms with van der Waals surface area (Å²) < 4.78 is 20.7. The molecule has 1 aromatic rings. The Morgan fingerprint density at radius 1 is 1.18 bits per heavy atom. The third kappa shape index (κ3) is 4.10. The van der Waals surface area contributed by atoms with Crippen molar-refractivity contribution < 1.29 is 14.2 Å². The fourth-order valence-electron chi connectivity index (χ4n) is 7.78. The first-order valence-corrected chi connectivity index (χ1v) is 13.1. The smallest absolute Gasteiger partial charge is 0.253 e. The van der Waals surface area contributed by atoms with Crippen LogP contribution in [0.1, 0.15) is 71.6 Å². The number of fused-ring (bicyclic) bond motifs is 3. The van der Waals surface area contributed by atoms with E-state index in [9.17, 15) is 4.79 Å². The van der Waals surface area contributed by atoms with Gasteiger partial charge < -0.3 is 18.8 Å².